The van der Waals surface area contributed by atoms with Gasteiger partial charge in [-0.05, 0) is 44.8 Å². The van der Waals surface area contributed by atoms with Gasteiger partial charge in [-0.25, -0.2) is 15.0 Å². The number of amides is 1. The lowest BCUT2D eigenvalue weighted by Gasteiger charge is -2.33. The highest BCUT2D eigenvalue weighted by Gasteiger charge is 2.26. The lowest BCUT2D eigenvalue weighted by molar-refractivity contribution is -0.125. The van der Waals surface area contributed by atoms with Crippen molar-refractivity contribution >= 4 is 22.8 Å². The van der Waals surface area contributed by atoms with Gasteiger partial charge in [0.05, 0.1) is 5.69 Å². The van der Waals surface area contributed by atoms with E-state index in [1.165, 1.54) is 32.4 Å². The van der Waals surface area contributed by atoms with Gasteiger partial charge >= 0.3 is 0 Å². The van der Waals surface area contributed by atoms with Crippen LogP contribution in [-0.4, -0.2) is 65.0 Å². The number of nitrogens with one attached hydrogen (secondary N) is 1. The van der Waals surface area contributed by atoms with Crippen LogP contribution in [0.5, 0.6) is 0 Å². The third kappa shape index (κ3) is 4.35. The van der Waals surface area contributed by atoms with Gasteiger partial charge in [-0.3, -0.25) is 4.79 Å². The Morgan fingerprint density at radius 1 is 1.00 bits per heavy atom. The van der Waals surface area contributed by atoms with Crippen LogP contribution in [0.4, 0.5) is 5.69 Å². The van der Waals surface area contributed by atoms with Crippen molar-refractivity contribution in [2.24, 2.45) is 5.92 Å². The summed E-state index contributed by atoms with van der Waals surface area (Å²) >= 11 is 0. The SMILES string of the molecule is O=C(NCCN1CCCCC1)C1CCN(c2ccnc3nccnc23)CC1. The number of rotatable bonds is 5. The van der Waals surface area contributed by atoms with Crippen LogP contribution >= 0.6 is 0 Å². The Morgan fingerprint density at radius 2 is 1.74 bits per heavy atom. The monoisotopic (exact) mass is 368 g/mol. The van der Waals surface area contributed by atoms with E-state index in [1.54, 1.807) is 18.6 Å². The van der Waals surface area contributed by atoms with E-state index in [0.29, 0.717) is 5.65 Å². The van der Waals surface area contributed by atoms with Crippen molar-refractivity contribution in [1.82, 2.24) is 25.2 Å². The van der Waals surface area contributed by atoms with Gasteiger partial charge in [0.25, 0.3) is 0 Å². The summed E-state index contributed by atoms with van der Waals surface area (Å²) in [5, 5.41) is 3.15. The summed E-state index contributed by atoms with van der Waals surface area (Å²) in [4.78, 5) is 30.3. The molecule has 144 valence electrons. The maximum absolute atomic E-state index is 12.5. The van der Waals surface area contributed by atoms with Gasteiger partial charge in [0.2, 0.25) is 5.91 Å². The molecule has 2 saturated heterocycles. The van der Waals surface area contributed by atoms with Crippen molar-refractivity contribution in [2.75, 3.05) is 44.2 Å². The molecule has 0 aliphatic carbocycles. The molecule has 4 heterocycles. The third-order valence-corrected chi connectivity index (χ3v) is 5.73. The van der Waals surface area contributed by atoms with Gasteiger partial charge < -0.3 is 15.1 Å². The average Bonchev–Trinajstić information content (AvgIpc) is 2.74. The highest BCUT2D eigenvalue weighted by atomic mass is 16.1. The molecule has 4 rings (SSSR count). The van der Waals surface area contributed by atoms with Crippen LogP contribution in [0.1, 0.15) is 32.1 Å². The quantitative estimate of drug-likeness (QED) is 0.868. The lowest BCUT2D eigenvalue weighted by atomic mass is 9.95. The van der Waals surface area contributed by atoms with Crippen molar-refractivity contribution in [2.45, 2.75) is 32.1 Å². The van der Waals surface area contributed by atoms with E-state index in [1.807, 2.05) is 6.07 Å². The molecule has 7 heteroatoms. The molecule has 0 spiro atoms. The molecule has 2 aliphatic heterocycles. The maximum Gasteiger partial charge on any atom is 0.223 e. The number of likely N-dealkylation sites (tertiary alicyclic amines) is 1. The van der Waals surface area contributed by atoms with Gasteiger partial charge in [-0.15, -0.1) is 0 Å². The minimum absolute atomic E-state index is 0.113. The topological polar surface area (TPSA) is 74.2 Å². The number of aromatic nitrogens is 3. The normalized spacial score (nSPS) is 19.3. The third-order valence-electron chi connectivity index (χ3n) is 5.73. The Hall–Kier alpha value is -2.28. The van der Waals surface area contributed by atoms with Crippen molar-refractivity contribution in [1.29, 1.82) is 0 Å². The number of piperidine rings is 2. The van der Waals surface area contributed by atoms with Crippen LogP contribution in [0, 0.1) is 5.92 Å². The molecule has 0 aromatic carbocycles. The number of carbonyl (C=O) groups is 1. The summed E-state index contributed by atoms with van der Waals surface area (Å²) in [5.41, 5.74) is 2.58. The summed E-state index contributed by atoms with van der Waals surface area (Å²) in [5.74, 6) is 0.327. The fraction of sp³-hybridized carbons (Fsp3) is 0.600. The van der Waals surface area contributed by atoms with Crippen LogP contribution in [0.25, 0.3) is 11.2 Å². The first-order chi connectivity index (χ1) is 13.3. The fourth-order valence-electron chi connectivity index (χ4n) is 4.17. The largest absolute Gasteiger partial charge is 0.370 e. The van der Waals surface area contributed by atoms with Crippen LogP contribution in [0.15, 0.2) is 24.7 Å². The molecule has 0 radical (unpaired) electrons. The standard InChI is InChI=1S/C20H28N6O/c27-20(24-10-15-25-11-2-1-3-12-25)16-5-13-26(14-6-16)17-4-7-22-19-18(17)21-8-9-23-19/h4,7-9,16H,1-3,5-6,10-15H2,(H,24,27). The predicted octanol–water partition coefficient (Wildman–Crippen LogP) is 1.84. The summed E-state index contributed by atoms with van der Waals surface area (Å²) in [6.07, 6.45) is 10.8. The van der Waals surface area contributed by atoms with Gasteiger partial charge in [-0.2, -0.15) is 0 Å². The molecule has 2 aromatic rings. The molecule has 2 fully saturated rings. The predicted molar refractivity (Wildman–Crippen MR) is 106 cm³/mol. The first kappa shape index (κ1) is 18.1. The first-order valence-corrected chi connectivity index (χ1v) is 10.1. The fourth-order valence-corrected chi connectivity index (χ4v) is 4.17. The Labute approximate surface area is 160 Å². The molecule has 2 aromatic heterocycles. The second kappa shape index (κ2) is 8.61. The number of carbonyl (C=O) groups excluding carboxylic acids is 1. The number of pyridine rings is 1. The Bertz CT molecular complexity index is 763. The minimum atomic E-state index is 0.113. The van der Waals surface area contributed by atoms with Crippen molar-refractivity contribution in [3.05, 3.63) is 24.7 Å². The van der Waals surface area contributed by atoms with E-state index in [9.17, 15) is 4.79 Å². The Kier molecular flexibility index (Phi) is 5.77. The second-order valence-corrected chi connectivity index (χ2v) is 7.51. The van der Waals surface area contributed by atoms with E-state index in [2.05, 4.69) is 30.1 Å². The number of hydrogen-bond donors (Lipinski definition) is 1. The highest BCUT2D eigenvalue weighted by molar-refractivity contribution is 5.85. The van der Waals surface area contributed by atoms with E-state index in [-0.39, 0.29) is 11.8 Å². The number of fused-ring (bicyclic) bond motifs is 1. The molecular formula is C20H28N6O. The molecule has 7 nitrogen and oxygen atoms in total. The van der Waals surface area contributed by atoms with Gasteiger partial charge in [-0.1, -0.05) is 6.42 Å². The van der Waals surface area contributed by atoms with Gasteiger partial charge in [0.15, 0.2) is 5.65 Å². The van der Waals surface area contributed by atoms with Gasteiger partial charge in [0.1, 0.15) is 5.52 Å². The zero-order valence-corrected chi connectivity index (χ0v) is 15.8. The summed E-state index contributed by atoms with van der Waals surface area (Å²) in [6, 6.07) is 2.00. The minimum Gasteiger partial charge on any atom is -0.370 e. The van der Waals surface area contributed by atoms with Crippen LogP contribution in [0.2, 0.25) is 0 Å². The average molecular weight is 368 g/mol. The van der Waals surface area contributed by atoms with Crippen LogP contribution < -0.4 is 10.2 Å². The Balaban J connectivity index is 1.27. The molecule has 0 bridgehead atoms. The summed E-state index contributed by atoms with van der Waals surface area (Å²) in [6.45, 7) is 5.82. The molecule has 1 amide bonds. The Morgan fingerprint density at radius 3 is 2.56 bits per heavy atom. The van der Waals surface area contributed by atoms with E-state index in [4.69, 9.17) is 0 Å². The van der Waals surface area contributed by atoms with Gasteiger partial charge in [0, 0.05) is 50.7 Å². The number of hydrogen-bond acceptors (Lipinski definition) is 6. The smallest absolute Gasteiger partial charge is 0.223 e. The maximum atomic E-state index is 12.5. The number of anilines is 1. The van der Waals surface area contributed by atoms with Crippen LogP contribution in [-0.2, 0) is 4.79 Å². The lowest BCUT2D eigenvalue weighted by Crippen LogP contribution is -2.43. The van der Waals surface area contributed by atoms with E-state index >= 15 is 0 Å². The molecule has 0 saturated carbocycles. The summed E-state index contributed by atoms with van der Waals surface area (Å²) < 4.78 is 0. The zero-order valence-electron chi connectivity index (χ0n) is 15.8. The molecule has 27 heavy (non-hydrogen) atoms. The zero-order chi connectivity index (χ0) is 18.5. The molecule has 1 N–H and O–H groups in total. The van der Waals surface area contributed by atoms with Crippen LogP contribution in [0.3, 0.4) is 0 Å². The highest BCUT2D eigenvalue weighted by Crippen LogP contribution is 2.27. The first-order valence-electron chi connectivity index (χ1n) is 10.1. The molecule has 0 atom stereocenters. The molecular weight excluding hydrogens is 340 g/mol. The van der Waals surface area contributed by atoms with Crippen molar-refractivity contribution < 1.29 is 4.79 Å². The number of nitrogens with zero attached hydrogens (tertiary/aromatic N) is 5. The summed E-state index contributed by atoms with van der Waals surface area (Å²) in [7, 11) is 0. The second-order valence-electron chi connectivity index (χ2n) is 7.51. The van der Waals surface area contributed by atoms with Crippen molar-refractivity contribution in [3.63, 3.8) is 0 Å². The van der Waals surface area contributed by atoms with Crippen molar-refractivity contribution in [3.8, 4) is 0 Å². The molecule has 0 unspecified atom stereocenters. The van der Waals surface area contributed by atoms with E-state index in [0.717, 1.165) is 50.2 Å². The molecule has 2 aliphatic rings. The van der Waals surface area contributed by atoms with E-state index < -0.39 is 0 Å².